The van der Waals surface area contributed by atoms with E-state index >= 15 is 0 Å². The van der Waals surface area contributed by atoms with Crippen molar-refractivity contribution >= 4 is 62.3 Å². The Bertz CT molecular complexity index is 1220. The predicted octanol–water partition coefficient (Wildman–Crippen LogP) is 6.22. The van der Waals surface area contributed by atoms with Crippen LogP contribution in [0.15, 0.2) is 36.4 Å². The van der Waals surface area contributed by atoms with E-state index in [0.29, 0.717) is 38.3 Å². The summed E-state index contributed by atoms with van der Waals surface area (Å²) in [5.41, 5.74) is 1.64. The van der Waals surface area contributed by atoms with Gasteiger partial charge < -0.3 is 10.2 Å². The molecular formula is C27H36Cl3N3O4S. The zero-order valence-corrected chi connectivity index (χ0v) is 25.5. The molecule has 1 N–H and O–H groups in total. The number of amides is 2. The van der Waals surface area contributed by atoms with Crippen molar-refractivity contribution in [2.24, 2.45) is 0 Å². The lowest BCUT2D eigenvalue weighted by Crippen LogP contribution is -2.50. The third-order valence-electron chi connectivity index (χ3n) is 6.44. The number of benzene rings is 2. The molecule has 0 radical (unpaired) electrons. The van der Waals surface area contributed by atoms with Gasteiger partial charge >= 0.3 is 0 Å². The van der Waals surface area contributed by atoms with Crippen LogP contribution in [0.1, 0.15) is 57.6 Å². The second kappa shape index (κ2) is 14.4. The molecule has 0 saturated carbocycles. The summed E-state index contributed by atoms with van der Waals surface area (Å²) in [6.45, 7) is 7.57. The van der Waals surface area contributed by atoms with E-state index in [9.17, 15) is 18.0 Å². The van der Waals surface area contributed by atoms with Gasteiger partial charge in [0.2, 0.25) is 21.8 Å². The highest BCUT2D eigenvalue weighted by Crippen LogP contribution is 2.30. The number of rotatable bonds is 13. The largest absolute Gasteiger partial charge is 0.352 e. The highest BCUT2D eigenvalue weighted by Gasteiger charge is 2.30. The Morgan fingerprint density at radius 1 is 0.974 bits per heavy atom. The summed E-state index contributed by atoms with van der Waals surface area (Å²) in [5.74, 6) is -0.561. The molecule has 2 rings (SSSR count). The van der Waals surface area contributed by atoms with Crippen molar-refractivity contribution in [3.8, 4) is 0 Å². The molecule has 0 spiro atoms. The highest BCUT2D eigenvalue weighted by molar-refractivity contribution is 7.92. The molecule has 2 amide bonds. The van der Waals surface area contributed by atoms with Crippen LogP contribution in [0.25, 0.3) is 0 Å². The van der Waals surface area contributed by atoms with Gasteiger partial charge in [-0.2, -0.15) is 0 Å². The third kappa shape index (κ3) is 8.50. The maximum Gasteiger partial charge on any atom is 0.243 e. The van der Waals surface area contributed by atoms with Gasteiger partial charge in [0, 0.05) is 46.2 Å². The molecule has 0 saturated heterocycles. The summed E-state index contributed by atoms with van der Waals surface area (Å²) in [7, 11) is -3.64. The van der Waals surface area contributed by atoms with Crippen LogP contribution >= 0.6 is 34.8 Å². The summed E-state index contributed by atoms with van der Waals surface area (Å²) in [6, 6.07) is 9.34. The molecule has 0 unspecified atom stereocenters. The van der Waals surface area contributed by atoms with Crippen LogP contribution in [-0.4, -0.2) is 50.0 Å². The van der Waals surface area contributed by atoms with Crippen molar-refractivity contribution in [2.75, 3.05) is 17.1 Å². The lowest BCUT2D eigenvalue weighted by atomic mass is 10.1. The van der Waals surface area contributed by atoms with Crippen LogP contribution < -0.4 is 9.62 Å². The lowest BCUT2D eigenvalue weighted by Gasteiger charge is -2.32. The van der Waals surface area contributed by atoms with Crippen LogP contribution in [0.3, 0.4) is 0 Å². The number of carbonyl (C=O) groups excluding carboxylic acids is 2. The first-order valence-corrected chi connectivity index (χ1v) is 15.5. The monoisotopic (exact) mass is 603 g/mol. The number of nitrogens with zero attached hydrogens (tertiary/aromatic N) is 2. The van der Waals surface area contributed by atoms with Crippen LogP contribution in [-0.2, 0) is 26.2 Å². The first-order chi connectivity index (χ1) is 17.8. The Balaban J connectivity index is 2.32. The minimum absolute atomic E-state index is 0.0147. The Hall–Kier alpha value is -2.00. The highest BCUT2D eigenvalue weighted by atomic mass is 35.5. The van der Waals surface area contributed by atoms with Crippen molar-refractivity contribution in [1.82, 2.24) is 10.2 Å². The molecule has 7 nitrogen and oxygen atoms in total. The van der Waals surface area contributed by atoms with E-state index in [1.807, 2.05) is 20.8 Å². The average molecular weight is 605 g/mol. The van der Waals surface area contributed by atoms with Crippen LogP contribution in [0, 0.1) is 6.92 Å². The fourth-order valence-corrected chi connectivity index (χ4v) is 5.77. The second-order valence-electron chi connectivity index (χ2n) is 9.29. The van der Waals surface area contributed by atoms with E-state index in [1.54, 1.807) is 43.3 Å². The van der Waals surface area contributed by atoms with Gasteiger partial charge in [0.1, 0.15) is 6.04 Å². The molecule has 0 bridgehead atoms. The van der Waals surface area contributed by atoms with Crippen LogP contribution in [0.2, 0.25) is 15.1 Å². The molecule has 2 aromatic rings. The number of hydrogen-bond donors (Lipinski definition) is 1. The molecule has 0 aromatic heterocycles. The van der Waals surface area contributed by atoms with E-state index in [0.717, 1.165) is 12.7 Å². The average Bonchev–Trinajstić information content (AvgIpc) is 2.84. The second-order valence-corrected chi connectivity index (χ2v) is 12.4. The fraction of sp³-hybridized carbons (Fsp3) is 0.481. The van der Waals surface area contributed by atoms with E-state index in [-0.39, 0.29) is 43.8 Å². The van der Waals surface area contributed by atoms with Gasteiger partial charge in [0.15, 0.2) is 0 Å². The Morgan fingerprint density at radius 2 is 1.55 bits per heavy atom. The summed E-state index contributed by atoms with van der Waals surface area (Å²) < 4.78 is 26.5. The number of sulfonamides is 1. The van der Waals surface area contributed by atoms with Gasteiger partial charge in [-0.25, -0.2) is 8.42 Å². The molecule has 0 aliphatic carbocycles. The van der Waals surface area contributed by atoms with Gasteiger partial charge in [-0.15, -0.1) is 0 Å². The van der Waals surface area contributed by atoms with Crippen molar-refractivity contribution < 1.29 is 18.0 Å². The van der Waals surface area contributed by atoms with Crippen LogP contribution in [0.5, 0.6) is 0 Å². The predicted molar refractivity (Wildman–Crippen MR) is 157 cm³/mol. The molecule has 0 aliphatic rings. The number of hydrogen-bond acceptors (Lipinski definition) is 4. The first kappa shape index (κ1) is 32.2. The molecule has 210 valence electrons. The Morgan fingerprint density at radius 3 is 2.11 bits per heavy atom. The summed E-state index contributed by atoms with van der Waals surface area (Å²) in [6.07, 6.45) is 2.49. The van der Waals surface area contributed by atoms with Crippen molar-refractivity contribution in [1.29, 1.82) is 0 Å². The van der Waals surface area contributed by atoms with Crippen molar-refractivity contribution in [3.05, 3.63) is 62.6 Å². The van der Waals surface area contributed by atoms with Gasteiger partial charge in [-0.05, 0) is 62.9 Å². The molecule has 0 aliphatic heterocycles. The molecule has 2 aromatic carbocycles. The quantitative estimate of drug-likeness (QED) is 0.294. The Kier molecular flexibility index (Phi) is 12.2. The first-order valence-electron chi connectivity index (χ1n) is 12.6. The van der Waals surface area contributed by atoms with E-state index < -0.39 is 16.1 Å². The molecule has 0 heterocycles. The van der Waals surface area contributed by atoms with Crippen molar-refractivity contribution in [2.45, 2.75) is 72.0 Å². The van der Waals surface area contributed by atoms with Gasteiger partial charge in [0.25, 0.3) is 0 Å². The topological polar surface area (TPSA) is 86.8 Å². The summed E-state index contributed by atoms with van der Waals surface area (Å²) in [5, 5.41) is 4.20. The minimum Gasteiger partial charge on any atom is -0.352 e. The number of halogens is 3. The summed E-state index contributed by atoms with van der Waals surface area (Å²) >= 11 is 19.0. The van der Waals surface area contributed by atoms with Gasteiger partial charge in [0.05, 0.1) is 11.9 Å². The maximum atomic E-state index is 13.6. The summed E-state index contributed by atoms with van der Waals surface area (Å²) in [4.78, 5) is 28.2. The fourth-order valence-electron chi connectivity index (χ4n) is 4.06. The van der Waals surface area contributed by atoms with Crippen LogP contribution in [0.4, 0.5) is 5.69 Å². The maximum absolute atomic E-state index is 13.6. The van der Waals surface area contributed by atoms with Crippen molar-refractivity contribution in [3.63, 3.8) is 0 Å². The molecular weight excluding hydrogens is 569 g/mol. The molecule has 2 atom stereocenters. The molecule has 0 fully saturated rings. The molecule has 11 heteroatoms. The third-order valence-corrected chi connectivity index (χ3v) is 8.73. The van der Waals surface area contributed by atoms with E-state index in [1.165, 1.54) is 9.21 Å². The van der Waals surface area contributed by atoms with E-state index in [4.69, 9.17) is 34.8 Å². The Labute approximate surface area is 241 Å². The zero-order valence-electron chi connectivity index (χ0n) is 22.4. The van der Waals surface area contributed by atoms with Gasteiger partial charge in [-0.1, -0.05) is 60.8 Å². The SMILES string of the molecule is CC[C@H](C)NC(=O)[C@H](CC)N(Cc1c(Cl)cccc1Cl)C(=O)CCCN(c1cccc(Cl)c1C)S(C)(=O)=O. The standard InChI is InChI=1S/C27H36Cl3N3O4S/c1-6-18(3)31-27(35)24(7-2)32(17-20-22(29)12-8-13-23(20)30)26(34)15-10-16-33(38(5,36)37)25-14-9-11-21(28)19(25)4/h8-9,11-14,18,24H,6-7,10,15-17H2,1-5H3,(H,31,35)/t18-,24-/m0/s1. The molecule has 38 heavy (non-hydrogen) atoms. The minimum atomic E-state index is -3.64. The number of carbonyl (C=O) groups is 2. The van der Waals surface area contributed by atoms with E-state index in [2.05, 4.69) is 5.32 Å². The lowest BCUT2D eigenvalue weighted by molar-refractivity contribution is -0.141. The number of anilines is 1. The van der Waals surface area contributed by atoms with Gasteiger partial charge in [-0.3, -0.25) is 13.9 Å². The normalized spacial score (nSPS) is 13.1. The number of nitrogens with one attached hydrogen (secondary N) is 1. The zero-order chi connectivity index (χ0) is 28.6. The smallest absolute Gasteiger partial charge is 0.243 e.